The van der Waals surface area contributed by atoms with Gasteiger partial charge in [0.05, 0.1) is 0 Å². The Morgan fingerprint density at radius 3 is 2.24 bits per heavy atom. The van der Waals surface area contributed by atoms with E-state index in [4.69, 9.17) is 13.3 Å². The Hall–Kier alpha value is -0.823. The normalized spacial score (nSPS) is 11.9. The quantitative estimate of drug-likeness (QED) is 0.483. The van der Waals surface area contributed by atoms with Crippen molar-refractivity contribution in [2.45, 2.75) is 39.2 Å². The van der Waals surface area contributed by atoms with E-state index in [0.717, 1.165) is 18.9 Å². The van der Waals surface area contributed by atoms with Crippen LogP contribution in [0.1, 0.15) is 32.3 Å². The van der Waals surface area contributed by atoms with Crippen LogP contribution < -0.4 is 0 Å². The molecule has 0 aromatic heterocycles. The number of hydrogen-bond donors (Lipinski definition) is 0. The molecule has 0 fully saturated rings. The average molecular weight is 318 g/mol. The van der Waals surface area contributed by atoms with Gasteiger partial charge in [-0.15, -0.1) is 0 Å². The molecule has 0 aliphatic heterocycles. The first-order valence-corrected chi connectivity index (χ1v) is 9.27. The Kier molecular flexibility index (Phi) is 8.03. The average Bonchev–Trinajstić information content (AvgIpc) is 2.45. The third kappa shape index (κ3) is 5.82. The van der Waals surface area contributed by atoms with E-state index in [0.29, 0.717) is 31.2 Å². The molecule has 0 aliphatic carbocycles. The molecule has 0 radical (unpaired) electrons. The van der Waals surface area contributed by atoms with Crippen molar-refractivity contribution >= 4 is 8.80 Å². The number of benzene rings is 1. The highest BCUT2D eigenvalue weighted by Crippen LogP contribution is 2.20. The van der Waals surface area contributed by atoms with Crippen LogP contribution in [0.25, 0.3) is 0 Å². The molecule has 0 bridgehead atoms. The highest BCUT2D eigenvalue weighted by Gasteiger charge is 2.38. The summed E-state index contributed by atoms with van der Waals surface area (Å²) in [6.45, 7) is 4.92. The largest absolute Gasteiger partial charge is 0.500 e. The minimum absolute atomic E-state index is 0.486. The smallest absolute Gasteiger partial charge is 0.377 e. The van der Waals surface area contributed by atoms with Gasteiger partial charge in [0, 0.05) is 32.4 Å². The molecule has 0 N–H and O–H groups in total. The minimum atomic E-state index is -2.58. The van der Waals surface area contributed by atoms with Gasteiger partial charge in [-0.3, -0.25) is 0 Å². The second kappa shape index (κ2) is 9.25. The maximum atomic E-state index is 13.5. The molecule has 1 rings (SSSR count). The van der Waals surface area contributed by atoms with Gasteiger partial charge in [-0.25, -0.2) is 8.78 Å². The van der Waals surface area contributed by atoms with Crippen LogP contribution in [0.3, 0.4) is 0 Å². The summed E-state index contributed by atoms with van der Waals surface area (Å²) in [6.07, 6.45) is 2.16. The van der Waals surface area contributed by atoms with E-state index in [1.807, 2.05) is 13.8 Å². The van der Waals surface area contributed by atoms with E-state index in [-0.39, 0.29) is 0 Å². The summed E-state index contributed by atoms with van der Waals surface area (Å²) < 4.78 is 43.2. The fourth-order valence-electron chi connectivity index (χ4n) is 2.23. The van der Waals surface area contributed by atoms with Gasteiger partial charge >= 0.3 is 8.80 Å². The van der Waals surface area contributed by atoms with E-state index in [2.05, 4.69) is 0 Å². The molecule has 3 nitrogen and oxygen atoms in total. The molecule has 0 atom stereocenters. The van der Waals surface area contributed by atoms with Crippen LogP contribution in [0, 0.1) is 11.6 Å². The predicted octanol–water partition coefficient (Wildman–Crippen LogP) is 3.95. The van der Waals surface area contributed by atoms with Gasteiger partial charge in [0.15, 0.2) is 0 Å². The van der Waals surface area contributed by atoms with E-state index >= 15 is 0 Å². The maximum absolute atomic E-state index is 13.5. The van der Waals surface area contributed by atoms with E-state index in [9.17, 15) is 8.78 Å². The summed E-state index contributed by atoms with van der Waals surface area (Å²) in [5.41, 5.74) is 0.536. The van der Waals surface area contributed by atoms with Crippen molar-refractivity contribution in [3.8, 4) is 0 Å². The maximum Gasteiger partial charge on any atom is 0.500 e. The van der Waals surface area contributed by atoms with Crippen molar-refractivity contribution in [1.82, 2.24) is 0 Å². The second-order valence-electron chi connectivity index (χ2n) is 4.70. The fraction of sp³-hybridized carbons (Fsp3) is 0.600. The van der Waals surface area contributed by atoms with Crippen molar-refractivity contribution in [2.24, 2.45) is 0 Å². The van der Waals surface area contributed by atoms with Crippen LogP contribution >= 0.6 is 0 Å². The van der Waals surface area contributed by atoms with E-state index < -0.39 is 20.4 Å². The first-order chi connectivity index (χ1) is 10.1. The number of aryl methyl sites for hydroxylation is 1. The highest BCUT2D eigenvalue weighted by atomic mass is 28.4. The summed E-state index contributed by atoms with van der Waals surface area (Å²) in [5, 5.41) is 0. The molecule has 0 saturated heterocycles. The van der Waals surface area contributed by atoms with Crippen LogP contribution in [-0.2, 0) is 19.7 Å². The summed E-state index contributed by atoms with van der Waals surface area (Å²) in [4.78, 5) is 0. The van der Waals surface area contributed by atoms with Crippen LogP contribution in [-0.4, -0.2) is 29.1 Å². The zero-order chi connectivity index (χ0) is 15.7. The molecule has 120 valence electrons. The van der Waals surface area contributed by atoms with E-state index in [1.165, 1.54) is 12.1 Å². The lowest BCUT2D eigenvalue weighted by atomic mass is 10.1. The van der Waals surface area contributed by atoms with Crippen LogP contribution in [0.2, 0.25) is 6.04 Å². The Bertz CT molecular complexity index is 423. The Morgan fingerprint density at radius 1 is 1.05 bits per heavy atom. The lowest BCUT2D eigenvalue weighted by Gasteiger charge is -2.27. The Labute approximate surface area is 126 Å². The van der Waals surface area contributed by atoms with E-state index in [1.54, 1.807) is 7.11 Å². The minimum Gasteiger partial charge on any atom is -0.377 e. The lowest BCUT2D eigenvalue weighted by Crippen LogP contribution is -2.44. The van der Waals surface area contributed by atoms with Crippen LogP contribution in [0.15, 0.2) is 18.2 Å². The first-order valence-electron chi connectivity index (χ1n) is 7.34. The Balaban J connectivity index is 2.46. The first kappa shape index (κ1) is 18.2. The molecule has 0 unspecified atom stereocenters. The molecule has 0 aliphatic rings. The zero-order valence-corrected chi connectivity index (χ0v) is 14.0. The summed E-state index contributed by atoms with van der Waals surface area (Å²) in [6, 6.07) is 4.40. The summed E-state index contributed by atoms with van der Waals surface area (Å²) in [5.74, 6) is -1.03. The van der Waals surface area contributed by atoms with Gasteiger partial charge < -0.3 is 13.3 Å². The standard InChI is InChI=1S/C15H24F2O3Si/c1-4-19-21(18-3,20-5-2)11-7-6-8-13-9-10-14(16)12-15(13)17/h9-10,12H,4-8,11H2,1-3H3. The predicted molar refractivity (Wildman–Crippen MR) is 80.1 cm³/mol. The number of rotatable bonds is 10. The number of halogens is 2. The fourth-order valence-corrected chi connectivity index (χ4v) is 4.60. The highest BCUT2D eigenvalue weighted by molar-refractivity contribution is 6.60. The van der Waals surface area contributed by atoms with Crippen molar-refractivity contribution in [3.05, 3.63) is 35.4 Å². The van der Waals surface area contributed by atoms with Gasteiger partial charge in [0.2, 0.25) is 0 Å². The third-order valence-electron chi connectivity index (χ3n) is 3.23. The van der Waals surface area contributed by atoms with Crippen LogP contribution in [0.4, 0.5) is 8.78 Å². The van der Waals surface area contributed by atoms with Gasteiger partial charge in [-0.05, 0) is 44.7 Å². The molecule has 6 heteroatoms. The molecule has 0 saturated carbocycles. The van der Waals surface area contributed by atoms with Crippen molar-refractivity contribution in [1.29, 1.82) is 0 Å². The molecule has 0 amide bonds. The topological polar surface area (TPSA) is 27.7 Å². The van der Waals surface area contributed by atoms with Gasteiger partial charge in [-0.1, -0.05) is 6.07 Å². The molecule has 0 spiro atoms. The molecule has 1 aromatic rings. The second-order valence-corrected chi connectivity index (χ2v) is 7.55. The Morgan fingerprint density at radius 2 is 1.71 bits per heavy atom. The lowest BCUT2D eigenvalue weighted by molar-refractivity contribution is 0.0860. The van der Waals surface area contributed by atoms with Gasteiger partial charge in [0.25, 0.3) is 0 Å². The molecular formula is C15H24F2O3Si. The third-order valence-corrected chi connectivity index (χ3v) is 6.28. The molecule has 0 heterocycles. The van der Waals surface area contributed by atoms with Crippen molar-refractivity contribution in [2.75, 3.05) is 20.3 Å². The number of hydrogen-bond acceptors (Lipinski definition) is 3. The SMILES string of the molecule is CCO[Si](CCCCc1ccc(F)cc1F)(OC)OCC. The van der Waals surface area contributed by atoms with Crippen molar-refractivity contribution in [3.63, 3.8) is 0 Å². The zero-order valence-electron chi connectivity index (χ0n) is 13.0. The van der Waals surface area contributed by atoms with Crippen LogP contribution in [0.5, 0.6) is 0 Å². The summed E-state index contributed by atoms with van der Waals surface area (Å²) in [7, 11) is -0.976. The molecular weight excluding hydrogens is 294 g/mol. The van der Waals surface area contributed by atoms with Gasteiger partial charge in [0.1, 0.15) is 11.6 Å². The monoisotopic (exact) mass is 318 g/mol. The van der Waals surface area contributed by atoms with Crippen molar-refractivity contribution < 1.29 is 22.1 Å². The van der Waals surface area contributed by atoms with Gasteiger partial charge in [-0.2, -0.15) is 0 Å². The number of unbranched alkanes of at least 4 members (excludes halogenated alkanes) is 1. The molecule has 1 aromatic carbocycles. The molecule has 21 heavy (non-hydrogen) atoms. The summed E-state index contributed by atoms with van der Waals surface area (Å²) >= 11 is 0.